The molecular weight excluding hydrogens is 591 g/mol. The number of para-hydroxylation sites is 2. The lowest BCUT2D eigenvalue weighted by atomic mass is 9.96. The zero-order valence-corrected chi connectivity index (χ0v) is 24.8. The van der Waals surface area contributed by atoms with Gasteiger partial charge in [0.25, 0.3) is 0 Å². The Morgan fingerprint density at radius 3 is 1.57 bits per heavy atom. The van der Waals surface area contributed by atoms with Crippen LogP contribution in [0.4, 0.5) is 22.0 Å². The van der Waals surface area contributed by atoms with Gasteiger partial charge in [0.05, 0.1) is 39.0 Å². The molecule has 2 nitrogen and oxygen atoms in total. The van der Waals surface area contributed by atoms with Crippen LogP contribution >= 0.6 is 0 Å². The molecule has 8 aromatic rings. The van der Waals surface area contributed by atoms with Gasteiger partial charge in [-0.05, 0) is 74.5 Å². The first-order valence-corrected chi connectivity index (χ1v) is 14.8. The number of fused-ring (bicyclic) bond motifs is 6. The molecule has 6 aromatic carbocycles. The van der Waals surface area contributed by atoms with Crippen molar-refractivity contribution in [3.8, 4) is 22.5 Å². The van der Waals surface area contributed by atoms with Crippen molar-refractivity contribution in [3.05, 3.63) is 144 Å². The zero-order valence-electron chi connectivity index (χ0n) is 24.8. The number of aromatic nitrogens is 2. The van der Waals surface area contributed by atoms with E-state index in [4.69, 9.17) is 0 Å². The Balaban J connectivity index is 1.63. The lowest BCUT2D eigenvalue weighted by molar-refractivity contribution is -0.137. The molecule has 0 radical (unpaired) electrons. The molecule has 226 valence electrons. The van der Waals surface area contributed by atoms with Crippen molar-refractivity contribution in [2.45, 2.75) is 20.0 Å². The van der Waals surface area contributed by atoms with Crippen LogP contribution in [0.25, 0.3) is 66.1 Å². The van der Waals surface area contributed by atoms with Crippen molar-refractivity contribution in [2.75, 3.05) is 0 Å². The summed E-state index contributed by atoms with van der Waals surface area (Å²) >= 11 is 0. The predicted octanol–water partition coefficient (Wildman–Crippen LogP) is 11.5. The fourth-order valence-corrected chi connectivity index (χ4v) is 6.91. The van der Waals surface area contributed by atoms with Crippen molar-refractivity contribution in [2.24, 2.45) is 0 Å². The third kappa shape index (κ3) is 4.08. The summed E-state index contributed by atoms with van der Waals surface area (Å²) in [6, 6.07) is 31.7. The molecule has 0 saturated heterocycles. The highest BCUT2D eigenvalue weighted by Gasteiger charge is 2.41. The van der Waals surface area contributed by atoms with E-state index in [0.717, 1.165) is 44.8 Å². The molecule has 2 heterocycles. The van der Waals surface area contributed by atoms with Gasteiger partial charge in [0.15, 0.2) is 0 Å². The van der Waals surface area contributed by atoms with Gasteiger partial charge in [-0.3, -0.25) is 0 Å². The van der Waals surface area contributed by atoms with Gasteiger partial charge in [0.2, 0.25) is 0 Å². The smallest absolute Gasteiger partial charge is 0.309 e. The summed E-state index contributed by atoms with van der Waals surface area (Å²) < 4.78 is 81.9. The Morgan fingerprint density at radius 2 is 1.00 bits per heavy atom. The van der Waals surface area contributed by atoms with Crippen LogP contribution in [-0.2, 0) is 6.18 Å². The normalized spacial score (nSPS) is 12.2. The number of hydrogen-bond donors (Lipinski definition) is 0. The minimum absolute atomic E-state index is 0.143. The number of rotatable bonds is 3. The monoisotopic (exact) mass is 616 g/mol. The molecule has 0 saturated carbocycles. The zero-order chi connectivity index (χ0) is 31.9. The van der Waals surface area contributed by atoms with Crippen LogP contribution in [0.1, 0.15) is 16.7 Å². The summed E-state index contributed by atoms with van der Waals surface area (Å²) in [7, 11) is 0. The van der Waals surface area contributed by atoms with Crippen molar-refractivity contribution in [3.63, 3.8) is 0 Å². The van der Waals surface area contributed by atoms with E-state index in [1.54, 1.807) is 34.9 Å². The molecule has 0 fully saturated rings. The van der Waals surface area contributed by atoms with E-state index in [1.165, 1.54) is 22.8 Å². The quantitative estimate of drug-likeness (QED) is 0.175. The summed E-state index contributed by atoms with van der Waals surface area (Å²) in [5, 5.41) is 3.07. The van der Waals surface area contributed by atoms with E-state index in [0.29, 0.717) is 22.1 Å². The second-order valence-electron chi connectivity index (χ2n) is 11.7. The number of hydrogen-bond acceptors (Lipinski definition) is 0. The van der Waals surface area contributed by atoms with Gasteiger partial charge in [-0.1, -0.05) is 65.7 Å². The first-order valence-electron chi connectivity index (χ1n) is 14.8. The maximum Gasteiger partial charge on any atom is 0.420 e. The number of alkyl halides is 3. The summed E-state index contributed by atoms with van der Waals surface area (Å²) in [5.41, 5.74) is 1.84. The molecule has 8 rings (SSSR count). The molecule has 0 spiro atoms. The van der Waals surface area contributed by atoms with E-state index in [1.807, 2.05) is 68.4 Å². The summed E-state index contributed by atoms with van der Waals surface area (Å²) in [6.45, 7) is 3.85. The minimum atomic E-state index is -4.94. The highest BCUT2D eigenvalue weighted by Crippen LogP contribution is 2.48. The molecular formula is C39H25F5N2. The maximum absolute atomic E-state index is 15.9. The Morgan fingerprint density at radius 1 is 0.500 bits per heavy atom. The van der Waals surface area contributed by atoms with Crippen LogP contribution in [0.3, 0.4) is 0 Å². The Bertz CT molecular complexity index is 2500. The molecule has 0 amide bonds. The first kappa shape index (κ1) is 28.1. The van der Waals surface area contributed by atoms with Gasteiger partial charge >= 0.3 is 6.18 Å². The van der Waals surface area contributed by atoms with Crippen LogP contribution in [0.2, 0.25) is 0 Å². The first-order chi connectivity index (χ1) is 22.1. The molecule has 7 heteroatoms. The highest BCUT2D eigenvalue weighted by atomic mass is 19.4. The molecule has 0 aliphatic carbocycles. The fraction of sp³-hybridized carbons (Fsp3) is 0.0769. The Hall–Kier alpha value is -5.43. The van der Waals surface area contributed by atoms with Crippen molar-refractivity contribution < 1.29 is 22.0 Å². The average Bonchev–Trinajstić information content (AvgIpc) is 3.52. The second-order valence-corrected chi connectivity index (χ2v) is 11.7. The fourth-order valence-electron chi connectivity index (χ4n) is 6.91. The third-order valence-corrected chi connectivity index (χ3v) is 8.79. The third-order valence-electron chi connectivity index (χ3n) is 8.79. The predicted molar refractivity (Wildman–Crippen MR) is 175 cm³/mol. The SMILES string of the molecule is Cc1ccc2c(c1)c1ccccc1n2-c1ccc(-c2c(F)cccc2F)c(-n2c3ccccc3c3cc(C)ccc32)c1C(F)(F)F. The molecule has 0 aliphatic rings. The molecule has 46 heavy (non-hydrogen) atoms. The van der Waals surface area contributed by atoms with Gasteiger partial charge < -0.3 is 9.13 Å². The molecule has 0 aliphatic heterocycles. The largest absolute Gasteiger partial charge is 0.420 e. The molecule has 0 N–H and O–H groups in total. The van der Waals surface area contributed by atoms with Crippen molar-refractivity contribution >= 4 is 43.6 Å². The lowest BCUT2D eigenvalue weighted by Gasteiger charge is -2.24. The average molecular weight is 617 g/mol. The van der Waals surface area contributed by atoms with E-state index >= 15 is 22.0 Å². The number of benzene rings is 6. The topological polar surface area (TPSA) is 9.86 Å². The van der Waals surface area contributed by atoms with Gasteiger partial charge in [0, 0.05) is 27.1 Å². The number of nitrogens with zero attached hydrogens (tertiary/aromatic N) is 2. The van der Waals surface area contributed by atoms with Crippen molar-refractivity contribution in [1.29, 1.82) is 0 Å². The van der Waals surface area contributed by atoms with E-state index < -0.39 is 28.9 Å². The van der Waals surface area contributed by atoms with Gasteiger partial charge in [-0.2, -0.15) is 13.2 Å². The van der Waals surface area contributed by atoms with Crippen LogP contribution in [0.15, 0.2) is 115 Å². The van der Waals surface area contributed by atoms with Gasteiger partial charge in [-0.15, -0.1) is 0 Å². The van der Waals surface area contributed by atoms with E-state index in [9.17, 15) is 0 Å². The molecule has 0 bridgehead atoms. The van der Waals surface area contributed by atoms with Crippen LogP contribution in [0.5, 0.6) is 0 Å². The molecule has 2 aromatic heterocycles. The van der Waals surface area contributed by atoms with E-state index in [2.05, 4.69) is 0 Å². The minimum Gasteiger partial charge on any atom is -0.309 e. The van der Waals surface area contributed by atoms with Crippen molar-refractivity contribution in [1.82, 2.24) is 9.13 Å². The molecule has 0 atom stereocenters. The van der Waals surface area contributed by atoms with E-state index in [-0.39, 0.29) is 16.9 Å². The van der Waals surface area contributed by atoms with Crippen LogP contribution in [-0.4, -0.2) is 9.13 Å². The molecule has 0 unspecified atom stereocenters. The summed E-state index contributed by atoms with van der Waals surface area (Å²) in [6.07, 6.45) is -4.94. The maximum atomic E-state index is 15.9. The van der Waals surface area contributed by atoms with Crippen LogP contribution in [0, 0.1) is 25.5 Å². The Labute approximate surface area is 260 Å². The summed E-state index contributed by atoms with van der Waals surface area (Å²) in [4.78, 5) is 0. The Kier molecular flexibility index (Phi) is 6.13. The lowest BCUT2D eigenvalue weighted by Crippen LogP contribution is -2.17. The standard InChI is InChI=1S/C39H25F5N2/c1-22-14-17-33-27(20-22)24-8-3-5-12-31(24)45(33)35-19-16-26(36-29(40)10-7-11-30(36)41)38(37(35)39(42,43)44)46-32-13-6-4-9-25(32)28-21-23(2)15-18-34(28)46/h3-21H,1-2H3. The number of aryl methyl sites for hydroxylation is 2. The highest BCUT2D eigenvalue weighted by molar-refractivity contribution is 6.11. The second kappa shape index (κ2) is 10.0. The van der Waals surface area contributed by atoms with Gasteiger partial charge in [0.1, 0.15) is 17.2 Å². The summed E-state index contributed by atoms with van der Waals surface area (Å²) in [5.74, 6) is -1.91. The van der Waals surface area contributed by atoms with Gasteiger partial charge in [-0.25, -0.2) is 8.78 Å². The van der Waals surface area contributed by atoms with Crippen LogP contribution < -0.4 is 0 Å². The number of halogens is 5.